The van der Waals surface area contributed by atoms with Crippen LogP contribution >= 0.6 is 0 Å². The largest absolute Gasteiger partial charge is 0.495 e. The van der Waals surface area contributed by atoms with E-state index >= 15 is 0 Å². The lowest BCUT2D eigenvalue weighted by atomic mass is 10.3. The molecule has 0 saturated carbocycles. The van der Waals surface area contributed by atoms with Crippen molar-refractivity contribution in [3.8, 4) is 17.4 Å². The van der Waals surface area contributed by atoms with Gasteiger partial charge in [-0.3, -0.25) is 4.79 Å². The van der Waals surface area contributed by atoms with Crippen molar-refractivity contribution in [2.24, 2.45) is 5.73 Å². The van der Waals surface area contributed by atoms with Gasteiger partial charge in [0.15, 0.2) is 5.69 Å². The Morgan fingerprint density at radius 2 is 2.00 bits per heavy atom. The van der Waals surface area contributed by atoms with E-state index in [1.54, 1.807) is 18.2 Å². The van der Waals surface area contributed by atoms with E-state index in [9.17, 15) is 4.79 Å². The smallest absolute Gasteiger partial charge is 0.269 e. The van der Waals surface area contributed by atoms with Gasteiger partial charge in [0, 0.05) is 12.1 Å². The van der Waals surface area contributed by atoms with Gasteiger partial charge in [-0.25, -0.2) is 0 Å². The second kappa shape index (κ2) is 5.21. The van der Waals surface area contributed by atoms with E-state index in [-0.39, 0.29) is 11.6 Å². The van der Waals surface area contributed by atoms with Gasteiger partial charge in [-0.15, -0.1) is 10.2 Å². The van der Waals surface area contributed by atoms with Gasteiger partial charge in [0.1, 0.15) is 11.5 Å². The second-order valence-corrected chi connectivity index (χ2v) is 3.63. The number of ether oxygens (including phenoxy) is 2. The van der Waals surface area contributed by atoms with Gasteiger partial charge in [0.05, 0.1) is 12.8 Å². The topological polar surface area (TPSA) is 113 Å². The first-order chi connectivity index (χ1) is 9.10. The Morgan fingerprint density at radius 3 is 2.53 bits per heavy atom. The Kier molecular flexibility index (Phi) is 3.46. The summed E-state index contributed by atoms with van der Waals surface area (Å²) in [5.41, 5.74) is 11.3. The molecular weight excluding hydrogens is 248 g/mol. The second-order valence-electron chi connectivity index (χ2n) is 3.63. The maximum Gasteiger partial charge on any atom is 0.269 e. The Hall–Kier alpha value is -2.83. The number of rotatable bonds is 4. The third-order valence-electron chi connectivity index (χ3n) is 2.32. The summed E-state index contributed by atoms with van der Waals surface area (Å²) >= 11 is 0. The Balaban J connectivity index is 2.16. The number of methoxy groups -OCH3 is 1. The average Bonchev–Trinajstić information content (AvgIpc) is 2.39. The molecule has 4 N–H and O–H groups in total. The normalized spacial score (nSPS) is 9.95. The number of primary amides is 1. The molecule has 0 saturated heterocycles. The van der Waals surface area contributed by atoms with Gasteiger partial charge in [-0.2, -0.15) is 0 Å². The van der Waals surface area contributed by atoms with Gasteiger partial charge in [0.25, 0.3) is 5.91 Å². The highest BCUT2D eigenvalue weighted by atomic mass is 16.5. The number of aromatic nitrogens is 2. The van der Waals surface area contributed by atoms with Gasteiger partial charge in [0.2, 0.25) is 5.88 Å². The van der Waals surface area contributed by atoms with E-state index in [4.69, 9.17) is 20.9 Å². The molecule has 0 unspecified atom stereocenters. The Bertz CT molecular complexity index is 598. The number of carbonyl (C=O) groups is 1. The Labute approximate surface area is 109 Å². The fraction of sp³-hybridized carbons (Fsp3) is 0.0833. The summed E-state index contributed by atoms with van der Waals surface area (Å²) < 4.78 is 10.5. The number of hydrogen-bond donors (Lipinski definition) is 2. The van der Waals surface area contributed by atoms with E-state index < -0.39 is 5.91 Å². The predicted molar refractivity (Wildman–Crippen MR) is 68.0 cm³/mol. The summed E-state index contributed by atoms with van der Waals surface area (Å²) in [6.07, 6.45) is 0. The third-order valence-corrected chi connectivity index (χ3v) is 2.32. The number of nitrogen functional groups attached to an aromatic ring is 1. The molecule has 1 amide bonds. The number of carbonyl (C=O) groups excluding carboxylic acids is 1. The quantitative estimate of drug-likeness (QED) is 0.791. The number of amides is 1. The molecule has 0 atom stereocenters. The van der Waals surface area contributed by atoms with Crippen LogP contribution in [0.3, 0.4) is 0 Å². The minimum Gasteiger partial charge on any atom is -0.495 e. The lowest BCUT2D eigenvalue weighted by Crippen LogP contribution is -2.13. The Morgan fingerprint density at radius 1 is 1.21 bits per heavy atom. The molecule has 98 valence electrons. The number of hydrogen-bond acceptors (Lipinski definition) is 6. The predicted octanol–water partition coefficient (Wildman–Crippen LogP) is 0.959. The first-order valence-corrected chi connectivity index (χ1v) is 5.35. The molecule has 0 aliphatic rings. The fourth-order valence-electron chi connectivity index (χ4n) is 1.40. The third kappa shape index (κ3) is 2.89. The van der Waals surface area contributed by atoms with E-state index in [1.165, 1.54) is 19.2 Å². The van der Waals surface area contributed by atoms with Crippen molar-refractivity contribution < 1.29 is 14.3 Å². The standard InChI is InChI=1S/C12H12N4O3/c1-18-10-4-2-7(6-8(10)13)19-11-5-3-9(12(14)17)15-16-11/h2-6H,13H2,1H3,(H2,14,17). The molecule has 1 aromatic carbocycles. The molecule has 0 aliphatic heterocycles. The van der Waals surface area contributed by atoms with Crippen LogP contribution in [-0.2, 0) is 0 Å². The lowest BCUT2D eigenvalue weighted by molar-refractivity contribution is 0.0994. The molecule has 7 heteroatoms. The maximum absolute atomic E-state index is 10.8. The fourth-order valence-corrected chi connectivity index (χ4v) is 1.40. The van der Waals surface area contributed by atoms with Gasteiger partial charge in [-0.1, -0.05) is 0 Å². The molecule has 0 spiro atoms. The highest BCUT2D eigenvalue weighted by molar-refractivity contribution is 5.90. The lowest BCUT2D eigenvalue weighted by Gasteiger charge is -2.07. The van der Waals surface area contributed by atoms with Crippen LogP contribution in [0.2, 0.25) is 0 Å². The summed E-state index contributed by atoms with van der Waals surface area (Å²) in [6, 6.07) is 7.88. The van der Waals surface area contributed by atoms with Gasteiger partial charge in [-0.05, 0) is 18.2 Å². The molecule has 1 heterocycles. The molecule has 2 aromatic rings. The number of anilines is 1. The van der Waals surface area contributed by atoms with Crippen LogP contribution in [0.1, 0.15) is 10.5 Å². The number of nitrogens with two attached hydrogens (primary N) is 2. The van der Waals surface area contributed by atoms with Crippen molar-refractivity contribution >= 4 is 11.6 Å². The molecule has 7 nitrogen and oxygen atoms in total. The summed E-state index contributed by atoms with van der Waals surface area (Å²) in [7, 11) is 1.53. The maximum atomic E-state index is 10.8. The highest BCUT2D eigenvalue weighted by Crippen LogP contribution is 2.28. The number of benzene rings is 1. The molecule has 1 aromatic heterocycles. The SMILES string of the molecule is COc1ccc(Oc2ccc(C(N)=O)nn2)cc1N. The highest BCUT2D eigenvalue weighted by Gasteiger charge is 2.06. The zero-order valence-corrected chi connectivity index (χ0v) is 10.2. The molecule has 2 rings (SSSR count). The molecule has 0 fully saturated rings. The first-order valence-electron chi connectivity index (χ1n) is 5.35. The molecule has 0 aliphatic carbocycles. The van der Waals surface area contributed by atoms with Crippen LogP contribution in [0, 0.1) is 0 Å². The zero-order valence-electron chi connectivity index (χ0n) is 10.2. The minimum absolute atomic E-state index is 0.0709. The van der Waals surface area contributed by atoms with Crippen molar-refractivity contribution in [3.05, 3.63) is 36.0 Å². The molecular formula is C12H12N4O3. The van der Waals surface area contributed by atoms with E-state index in [0.29, 0.717) is 17.2 Å². The van der Waals surface area contributed by atoms with Crippen molar-refractivity contribution in [1.82, 2.24) is 10.2 Å². The van der Waals surface area contributed by atoms with Gasteiger partial charge >= 0.3 is 0 Å². The zero-order chi connectivity index (χ0) is 13.8. The van der Waals surface area contributed by atoms with Crippen LogP contribution in [0.4, 0.5) is 5.69 Å². The molecule has 19 heavy (non-hydrogen) atoms. The summed E-state index contributed by atoms with van der Waals surface area (Å²) in [5.74, 6) is 0.629. The van der Waals surface area contributed by atoms with E-state index in [1.807, 2.05) is 0 Å². The minimum atomic E-state index is -0.646. The van der Waals surface area contributed by atoms with E-state index in [2.05, 4.69) is 10.2 Å². The summed E-state index contributed by atoms with van der Waals surface area (Å²) in [4.78, 5) is 10.8. The van der Waals surface area contributed by atoms with Crippen LogP contribution in [0.25, 0.3) is 0 Å². The van der Waals surface area contributed by atoms with Crippen molar-refractivity contribution in [1.29, 1.82) is 0 Å². The molecule has 0 bridgehead atoms. The molecule has 0 radical (unpaired) electrons. The monoisotopic (exact) mass is 260 g/mol. The van der Waals surface area contributed by atoms with E-state index in [0.717, 1.165) is 0 Å². The van der Waals surface area contributed by atoms with Crippen LogP contribution in [0.15, 0.2) is 30.3 Å². The van der Waals surface area contributed by atoms with Crippen molar-refractivity contribution in [2.45, 2.75) is 0 Å². The van der Waals surface area contributed by atoms with Crippen molar-refractivity contribution in [2.75, 3.05) is 12.8 Å². The van der Waals surface area contributed by atoms with Crippen LogP contribution < -0.4 is 20.9 Å². The van der Waals surface area contributed by atoms with Crippen LogP contribution in [-0.4, -0.2) is 23.2 Å². The van der Waals surface area contributed by atoms with Crippen LogP contribution in [0.5, 0.6) is 17.4 Å². The first kappa shape index (κ1) is 12.6. The number of nitrogens with zero attached hydrogens (tertiary/aromatic N) is 2. The summed E-state index contributed by atoms with van der Waals surface area (Å²) in [5, 5.41) is 7.35. The van der Waals surface area contributed by atoms with Gasteiger partial charge < -0.3 is 20.9 Å². The average molecular weight is 260 g/mol. The summed E-state index contributed by atoms with van der Waals surface area (Å²) in [6.45, 7) is 0. The van der Waals surface area contributed by atoms with Crippen molar-refractivity contribution in [3.63, 3.8) is 0 Å².